The van der Waals surface area contributed by atoms with E-state index in [1.807, 2.05) is 43.4 Å². The van der Waals surface area contributed by atoms with Crippen LogP contribution in [0.2, 0.25) is 0 Å². The van der Waals surface area contributed by atoms with Crippen molar-refractivity contribution >= 4 is 23.5 Å². The topological polar surface area (TPSA) is 44.4 Å². The lowest BCUT2D eigenvalue weighted by Crippen LogP contribution is -2.42. The minimum absolute atomic E-state index is 0.140. The standard InChI is InChI=1S/C19H22FN3OS/c1-23(14-6-3-2-4-7-14)12-11-21-19(24)22-17-10-13-25-18-15(17)8-5-9-16(18)20/h2-9,17H,10-13H2,1H3,(H2,21,22,24). The van der Waals surface area contributed by atoms with Crippen LogP contribution in [-0.2, 0) is 0 Å². The van der Waals surface area contributed by atoms with Crippen LogP contribution in [0.4, 0.5) is 14.9 Å². The number of likely N-dealkylation sites (N-methyl/N-ethyl adjacent to an activating group) is 1. The van der Waals surface area contributed by atoms with Gasteiger partial charge in [0.2, 0.25) is 0 Å². The minimum atomic E-state index is -0.214. The molecular weight excluding hydrogens is 337 g/mol. The number of rotatable bonds is 5. The van der Waals surface area contributed by atoms with E-state index in [0.717, 1.165) is 23.4 Å². The largest absolute Gasteiger partial charge is 0.373 e. The molecule has 132 valence electrons. The number of urea groups is 1. The van der Waals surface area contributed by atoms with Crippen LogP contribution in [0.25, 0.3) is 0 Å². The van der Waals surface area contributed by atoms with Crippen LogP contribution in [0.3, 0.4) is 0 Å². The third-order valence-corrected chi connectivity index (χ3v) is 5.42. The smallest absolute Gasteiger partial charge is 0.315 e. The van der Waals surface area contributed by atoms with Gasteiger partial charge in [0.25, 0.3) is 0 Å². The summed E-state index contributed by atoms with van der Waals surface area (Å²) in [6.45, 7) is 1.25. The molecule has 1 unspecified atom stereocenters. The van der Waals surface area contributed by atoms with Crippen LogP contribution in [0, 0.1) is 5.82 Å². The zero-order chi connectivity index (χ0) is 17.6. The first-order valence-electron chi connectivity index (χ1n) is 8.37. The van der Waals surface area contributed by atoms with E-state index in [1.165, 1.54) is 17.8 Å². The minimum Gasteiger partial charge on any atom is -0.373 e. The van der Waals surface area contributed by atoms with Crippen molar-refractivity contribution in [1.82, 2.24) is 10.6 Å². The van der Waals surface area contributed by atoms with Gasteiger partial charge < -0.3 is 15.5 Å². The summed E-state index contributed by atoms with van der Waals surface area (Å²) in [5.74, 6) is 0.592. The van der Waals surface area contributed by atoms with Crippen LogP contribution >= 0.6 is 11.8 Å². The molecule has 6 heteroatoms. The Morgan fingerprint density at radius 3 is 2.84 bits per heavy atom. The number of hydrogen-bond acceptors (Lipinski definition) is 3. The fraction of sp³-hybridized carbons (Fsp3) is 0.316. The van der Waals surface area contributed by atoms with Gasteiger partial charge in [-0.25, -0.2) is 9.18 Å². The fourth-order valence-electron chi connectivity index (χ4n) is 2.89. The summed E-state index contributed by atoms with van der Waals surface area (Å²) < 4.78 is 13.9. The molecular formula is C19H22FN3OS. The first-order valence-corrected chi connectivity index (χ1v) is 9.35. The molecule has 1 aliphatic heterocycles. The van der Waals surface area contributed by atoms with Gasteiger partial charge in [-0.1, -0.05) is 30.3 Å². The van der Waals surface area contributed by atoms with Crippen molar-refractivity contribution in [3.05, 3.63) is 59.9 Å². The number of halogens is 1. The Morgan fingerprint density at radius 1 is 1.24 bits per heavy atom. The number of fused-ring (bicyclic) bond motifs is 1. The Morgan fingerprint density at radius 2 is 2.04 bits per heavy atom. The van der Waals surface area contributed by atoms with Gasteiger partial charge in [0.15, 0.2) is 0 Å². The highest BCUT2D eigenvalue weighted by Crippen LogP contribution is 2.37. The monoisotopic (exact) mass is 359 g/mol. The van der Waals surface area contributed by atoms with Gasteiger partial charge in [0, 0.05) is 36.5 Å². The normalized spacial score (nSPS) is 16.0. The molecule has 2 N–H and O–H groups in total. The Labute approximate surface area is 151 Å². The highest BCUT2D eigenvalue weighted by molar-refractivity contribution is 7.99. The molecule has 0 saturated heterocycles. The number of para-hydroxylation sites is 1. The second-order valence-corrected chi connectivity index (χ2v) is 7.11. The van der Waals surface area contributed by atoms with E-state index >= 15 is 0 Å². The van der Waals surface area contributed by atoms with Gasteiger partial charge in [0.1, 0.15) is 5.82 Å². The van der Waals surface area contributed by atoms with E-state index in [-0.39, 0.29) is 17.9 Å². The van der Waals surface area contributed by atoms with Crippen LogP contribution in [-0.4, -0.2) is 31.9 Å². The highest BCUT2D eigenvalue weighted by Gasteiger charge is 2.24. The summed E-state index contributed by atoms with van der Waals surface area (Å²) in [4.78, 5) is 14.9. The molecule has 1 atom stereocenters. The predicted octanol–water partition coefficient (Wildman–Crippen LogP) is 3.80. The van der Waals surface area contributed by atoms with Crippen molar-refractivity contribution in [2.75, 3.05) is 30.8 Å². The average Bonchev–Trinajstić information content (AvgIpc) is 2.63. The molecule has 0 aromatic heterocycles. The molecule has 0 bridgehead atoms. The van der Waals surface area contributed by atoms with Gasteiger partial charge in [-0.05, 0) is 30.2 Å². The van der Waals surface area contributed by atoms with Gasteiger partial charge in [-0.2, -0.15) is 0 Å². The summed E-state index contributed by atoms with van der Waals surface area (Å²) in [5, 5.41) is 5.85. The lowest BCUT2D eigenvalue weighted by atomic mass is 10.0. The molecule has 0 fully saturated rings. The Bertz CT molecular complexity index is 726. The van der Waals surface area contributed by atoms with Gasteiger partial charge in [-0.15, -0.1) is 11.8 Å². The summed E-state index contributed by atoms with van der Waals surface area (Å²) >= 11 is 1.51. The van der Waals surface area contributed by atoms with E-state index in [1.54, 1.807) is 6.07 Å². The first kappa shape index (κ1) is 17.6. The first-order chi connectivity index (χ1) is 12.1. The number of amides is 2. The van der Waals surface area contributed by atoms with Crippen LogP contribution in [0.5, 0.6) is 0 Å². The number of nitrogens with zero attached hydrogens (tertiary/aromatic N) is 1. The molecule has 25 heavy (non-hydrogen) atoms. The Kier molecular flexibility index (Phi) is 5.81. The van der Waals surface area contributed by atoms with Gasteiger partial charge >= 0.3 is 6.03 Å². The Hall–Kier alpha value is -2.21. The molecule has 2 amide bonds. The van der Waals surface area contributed by atoms with E-state index in [9.17, 15) is 9.18 Å². The quantitative estimate of drug-likeness (QED) is 0.853. The van der Waals surface area contributed by atoms with E-state index in [2.05, 4.69) is 15.5 Å². The lowest BCUT2D eigenvalue weighted by Gasteiger charge is -2.26. The number of nitrogens with one attached hydrogen (secondary N) is 2. The molecule has 4 nitrogen and oxygen atoms in total. The maximum Gasteiger partial charge on any atom is 0.315 e. The lowest BCUT2D eigenvalue weighted by molar-refractivity contribution is 0.236. The number of benzene rings is 2. The molecule has 0 saturated carbocycles. The average molecular weight is 359 g/mol. The third kappa shape index (κ3) is 4.45. The molecule has 2 aromatic rings. The highest BCUT2D eigenvalue weighted by atomic mass is 32.2. The maximum atomic E-state index is 13.9. The SMILES string of the molecule is CN(CCNC(=O)NC1CCSc2c(F)cccc21)c1ccccc1. The molecule has 3 rings (SSSR count). The molecule has 1 aliphatic rings. The fourth-order valence-corrected chi connectivity index (χ4v) is 4.04. The van der Waals surface area contributed by atoms with Crippen LogP contribution < -0.4 is 15.5 Å². The van der Waals surface area contributed by atoms with Crippen molar-refractivity contribution in [2.45, 2.75) is 17.4 Å². The zero-order valence-electron chi connectivity index (χ0n) is 14.2. The van der Waals surface area contributed by atoms with Gasteiger partial charge in [0.05, 0.1) is 6.04 Å². The van der Waals surface area contributed by atoms with Crippen LogP contribution in [0.1, 0.15) is 18.0 Å². The number of thioether (sulfide) groups is 1. The molecule has 1 heterocycles. The second-order valence-electron chi connectivity index (χ2n) is 6.01. The van der Waals surface area contributed by atoms with Gasteiger partial charge in [-0.3, -0.25) is 0 Å². The summed E-state index contributed by atoms with van der Waals surface area (Å²) in [5.41, 5.74) is 1.98. The number of anilines is 1. The molecule has 2 aromatic carbocycles. The van der Waals surface area contributed by atoms with Crippen molar-refractivity contribution in [3.8, 4) is 0 Å². The third-order valence-electron chi connectivity index (χ3n) is 4.26. The number of carbonyl (C=O) groups is 1. The van der Waals surface area contributed by atoms with Crippen molar-refractivity contribution in [3.63, 3.8) is 0 Å². The summed E-state index contributed by atoms with van der Waals surface area (Å²) in [6.07, 6.45) is 0.804. The maximum absolute atomic E-state index is 13.9. The van der Waals surface area contributed by atoms with E-state index < -0.39 is 0 Å². The summed E-state index contributed by atoms with van der Waals surface area (Å²) in [6, 6.07) is 14.7. The van der Waals surface area contributed by atoms with Crippen molar-refractivity contribution < 1.29 is 9.18 Å². The number of carbonyl (C=O) groups excluding carboxylic acids is 1. The van der Waals surface area contributed by atoms with Crippen molar-refractivity contribution in [1.29, 1.82) is 0 Å². The zero-order valence-corrected chi connectivity index (χ0v) is 15.0. The Balaban J connectivity index is 1.50. The molecule has 0 radical (unpaired) electrons. The molecule has 0 spiro atoms. The second kappa shape index (κ2) is 8.25. The number of hydrogen-bond donors (Lipinski definition) is 2. The van der Waals surface area contributed by atoms with Crippen molar-refractivity contribution in [2.24, 2.45) is 0 Å². The molecule has 0 aliphatic carbocycles. The van der Waals surface area contributed by atoms with E-state index in [4.69, 9.17) is 0 Å². The van der Waals surface area contributed by atoms with Crippen LogP contribution in [0.15, 0.2) is 53.4 Å². The van der Waals surface area contributed by atoms with E-state index in [0.29, 0.717) is 18.0 Å². The predicted molar refractivity (Wildman–Crippen MR) is 101 cm³/mol. The summed E-state index contributed by atoms with van der Waals surface area (Å²) in [7, 11) is 1.99.